The summed E-state index contributed by atoms with van der Waals surface area (Å²) in [4.78, 5) is 29.1. The van der Waals surface area contributed by atoms with Crippen LogP contribution >= 0.6 is 0 Å². The first-order valence-corrected chi connectivity index (χ1v) is 12.5. The number of carbonyl (C=O) groups excluding carboxylic acids is 2. The predicted octanol–water partition coefficient (Wildman–Crippen LogP) is 1.10. The minimum Gasteiger partial charge on any atom is -0.495 e. The molecule has 2 aromatic carbocycles. The summed E-state index contributed by atoms with van der Waals surface area (Å²) in [7, 11) is -2.25. The topological polar surface area (TPSA) is 106 Å². The number of carbonyl (C=O) groups is 2. The first kappa shape index (κ1) is 22.6. The Morgan fingerprint density at radius 1 is 0.941 bits per heavy atom. The van der Waals surface area contributed by atoms with Crippen LogP contribution in [0.4, 0.5) is 5.69 Å². The number of imide groups is 1. The van der Waals surface area contributed by atoms with Crippen LogP contribution in [0, 0.1) is 0 Å². The smallest absolute Gasteiger partial charge is 0.251 e. The van der Waals surface area contributed by atoms with E-state index in [1.165, 1.54) is 28.4 Å². The molecule has 2 amide bonds. The summed E-state index contributed by atoms with van der Waals surface area (Å²) < 4.78 is 44.1. The second-order valence-electron chi connectivity index (χ2n) is 8.20. The van der Waals surface area contributed by atoms with E-state index in [1.807, 2.05) is 4.90 Å². The fraction of sp³-hybridized carbons (Fsp3) is 0.391. The number of sulfonamides is 1. The van der Waals surface area contributed by atoms with Gasteiger partial charge in [-0.15, -0.1) is 0 Å². The molecule has 2 fully saturated rings. The van der Waals surface area contributed by atoms with Crippen molar-refractivity contribution >= 4 is 27.5 Å². The van der Waals surface area contributed by atoms with Gasteiger partial charge in [-0.3, -0.25) is 14.5 Å². The Labute approximate surface area is 197 Å². The van der Waals surface area contributed by atoms with E-state index >= 15 is 0 Å². The standard InChI is InChI=1S/C23H25N3O7S/c1-31-19-5-3-2-4-17(19)26-22(27)15-18(23(26)28)24-8-10-25(11-9-24)34(29,30)16-6-7-20-21(14-16)33-13-12-32-20/h2-7,14,18H,8-13,15H2,1H3. The van der Waals surface area contributed by atoms with Gasteiger partial charge in [0.05, 0.1) is 30.2 Å². The summed E-state index contributed by atoms with van der Waals surface area (Å²) in [5.74, 6) is 0.764. The molecule has 0 radical (unpaired) electrons. The van der Waals surface area contributed by atoms with Crippen LogP contribution in [0.15, 0.2) is 47.4 Å². The van der Waals surface area contributed by atoms with Gasteiger partial charge in [0, 0.05) is 32.2 Å². The summed E-state index contributed by atoms with van der Waals surface area (Å²) >= 11 is 0. The lowest BCUT2D eigenvalue weighted by molar-refractivity contribution is -0.123. The number of piperazine rings is 1. The second kappa shape index (κ2) is 8.90. The fourth-order valence-electron chi connectivity index (χ4n) is 4.56. The van der Waals surface area contributed by atoms with Gasteiger partial charge in [0.1, 0.15) is 19.0 Å². The van der Waals surface area contributed by atoms with E-state index in [2.05, 4.69) is 0 Å². The zero-order valence-electron chi connectivity index (χ0n) is 18.7. The van der Waals surface area contributed by atoms with Crippen molar-refractivity contribution in [3.05, 3.63) is 42.5 Å². The fourth-order valence-corrected chi connectivity index (χ4v) is 6.00. The van der Waals surface area contributed by atoms with Crippen LogP contribution in [0.25, 0.3) is 0 Å². The maximum Gasteiger partial charge on any atom is 0.251 e. The average Bonchev–Trinajstić information content (AvgIpc) is 3.17. The molecule has 0 aliphatic carbocycles. The lowest BCUT2D eigenvalue weighted by Gasteiger charge is -2.36. The lowest BCUT2D eigenvalue weighted by atomic mass is 10.2. The molecule has 34 heavy (non-hydrogen) atoms. The number of anilines is 1. The van der Waals surface area contributed by atoms with Crippen molar-refractivity contribution in [3.8, 4) is 17.2 Å². The number of amides is 2. The van der Waals surface area contributed by atoms with Crippen molar-refractivity contribution in [3.63, 3.8) is 0 Å². The van der Waals surface area contributed by atoms with Gasteiger partial charge in [0.25, 0.3) is 5.91 Å². The van der Waals surface area contributed by atoms with E-state index in [0.29, 0.717) is 49.2 Å². The number of hydrogen-bond donors (Lipinski definition) is 0. The highest BCUT2D eigenvalue weighted by Crippen LogP contribution is 2.35. The van der Waals surface area contributed by atoms with Gasteiger partial charge >= 0.3 is 0 Å². The van der Waals surface area contributed by atoms with Crippen LogP contribution in [-0.4, -0.2) is 82.0 Å². The maximum absolute atomic E-state index is 13.2. The molecule has 3 heterocycles. The van der Waals surface area contributed by atoms with Gasteiger partial charge in [-0.2, -0.15) is 4.31 Å². The summed E-state index contributed by atoms with van der Waals surface area (Å²) in [5, 5.41) is 0. The molecule has 1 atom stereocenters. The van der Waals surface area contributed by atoms with E-state index in [1.54, 1.807) is 30.3 Å². The highest BCUT2D eigenvalue weighted by Gasteiger charge is 2.45. The molecular weight excluding hydrogens is 462 g/mol. The number of rotatable bonds is 5. The molecular formula is C23H25N3O7S. The molecule has 5 rings (SSSR count). The number of benzene rings is 2. The Morgan fingerprint density at radius 2 is 1.65 bits per heavy atom. The number of methoxy groups -OCH3 is 1. The molecule has 0 aromatic heterocycles. The van der Waals surface area contributed by atoms with Crippen molar-refractivity contribution < 1.29 is 32.2 Å². The first-order chi connectivity index (χ1) is 16.4. The number of fused-ring (bicyclic) bond motifs is 1. The Hall–Kier alpha value is -3.15. The van der Waals surface area contributed by atoms with Gasteiger partial charge in [-0.05, 0) is 24.3 Å². The van der Waals surface area contributed by atoms with Crippen LogP contribution in [-0.2, 0) is 19.6 Å². The summed E-state index contributed by atoms with van der Waals surface area (Å²) in [5.41, 5.74) is 0.419. The maximum atomic E-state index is 13.2. The van der Waals surface area contributed by atoms with Crippen molar-refractivity contribution in [2.45, 2.75) is 17.4 Å². The van der Waals surface area contributed by atoms with Crippen LogP contribution in [0.3, 0.4) is 0 Å². The number of para-hydroxylation sites is 2. The highest BCUT2D eigenvalue weighted by atomic mass is 32.2. The molecule has 0 spiro atoms. The normalized spacial score (nSPS) is 21.7. The van der Waals surface area contributed by atoms with E-state index in [4.69, 9.17) is 14.2 Å². The molecule has 180 valence electrons. The van der Waals surface area contributed by atoms with Crippen LogP contribution in [0.2, 0.25) is 0 Å². The van der Waals surface area contributed by atoms with Crippen LogP contribution in [0.1, 0.15) is 6.42 Å². The molecule has 2 aromatic rings. The average molecular weight is 488 g/mol. The first-order valence-electron chi connectivity index (χ1n) is 11.0. The van der Waals surface area contributed by atoms with Gasteiger partial charge in [-0.25, -0.2) is 13.3 Å². The summed E-state index contributed by atoms with van der Waals surface area (Å²) in [6, 6.07) is 10.9. The molecule has 1 unspecified atom stereocenters. The lowest BCUT2D eigenvalue weighted by Crippen LogP contribution is -2.53. The van der Waals surface area contributed by atoms with E-state index < -0.39 is 16.1 Å². The minimum atomic E-state index is -3.74. The molecule has 3 aliphatic rings. The third-order valence-corrected chi connectivity index (χ3v) is 8.21. The monoisotopic (exact) mass is 487 g/mol. The van der Waals surface area contributed by atoms with Crippen LogP contribution in [0.5, 0.6) is 17.2 Å². The Kier molecular flexibility index (Phi) is 5.92. The third kappa shape index (κ3) is 3.89. The SMILES string of the molecule is COc1ccccc1N1C(=O)CC(N2CCN(S(=O)(=O)c3ccc4c(c3)OCCO4)CC2)C1=O. The van der Waals surface area contributed by atoms with E-state index in [9.17, 15) is 18.0 Å². The van der Waals surface area contributed by atoms with Gasteiger partial charge in [0.2, 0.25) is 15.9 Å². The molecule has 0 N–H and O–H groups in total. The second-order valence-corrected chi connectivity index (χ2v) is 10.1. The largest absolute Gasteiger partial charge is 0.495 e. The zero-order chi connectivity index (χ0) is 23.9. The van der Waals surface area contributed by atoms with Crippen molar-refractivity contribution in [2.24, 2.45) is 0 Å². The van der Waals surface area contributed by atoms with E-state index in [0.717, 1.165) is 0 Å². The summed E-state index contributed by atoms with van der Waals surface area (Å²) in [6.45, 7) is 1.90. The van der Waals surface area contributed by atoms with Gasteiger partial charge in [-0.1, -0.05) is 12.1 Å². The zero-order valence-corrected chi connectivity index (χ0v) is 19.5. The molecule has 11 heteroatoms. The highest BCUT2D eigenvalue weighted by molar-refractivity contribution is 7.89. The predicted molar refractivity (Wildman–Crippen MR) is 122 cm³/mol. The van der Waals surface area contributed by atoms with Crippen molar-refractivity contribution in [2.75, 3.05) is 51.4 Å². The Balaban J connectivity index is 1.28. The molecule has 0 saturated carbocycles. The third-order valence-electron chi connectivity index (χ3n) is 6.31. The van der Waals surface area contributed by atoms with Gasteiger partial charge in [0.15, 0.2) is 11.5 Å². The molecule has 3 aliphatic heterocycles. The number of ether oxygens (including phenoxy) is 3. The van der Waals surface area contributed by atoms with Gasteiger partial charge < -0.3 is 14.2 Å². The number of nitrogens with zero attached hydrogens (tertiary/aromatic N) is 3. The number of hydrogen-bond acceptors (Lipinski definition) is 8. The van der Waals surface area contributed by atoms with Crippen LogP contribution < -0.4 is 19.1 Å². The van der Waals surface area contributed by atoms with Crippen molar-refractivity contribution in [1.29, 1.82) is 0 Å². The summed E-state index contributed by atoms with van der Waals surface area (Å²) in [6.07, 6.45) is 0.0474. The Bertz CT molecular complexity index is 1220. The molecule has 2 saturated heterocycles. The Morgan fingerprint density at radius 3 is 2.38 bits per heavy atom. The molecule has 0 bridgehead atoms. The van der Waals surface area contributed by atoms with Crippen molar-refractivity contribution in [1.82, 2.24) is 9.21 Å². The quantitative estimate of drug-likeness (QED) is 0.578. The minimum absolute atomic E-state index is 0.0474. The molecule has 10 nitrogen and oxygen atoms in total. The van der Waals surface area contributed by atoms with E-state index in [-0.39, 0.29) is 36.2 Å².